The molecule has 0 spiro atoms. The molecular formula is C14H16N2. The number of fused-ring (bicyclic) bond motifs is 1. The van der Waals surface area contributed by atoms with Crippen LogP contribution in [0.15, 0.2) is 36.7 Å². The molecule has 82 valence electrons. The molecule has 1 aromatic carbocycles. The van der Waals surface area contributed by atoms with Gasteiger partial charge in [-0.2, -0.15) is 0 Å². The molecule has 2 N–H and O–H groups in total. The summed E-state index contributed by atoms with van der Waals surface area (Å²) >= 11 is 0. The van der Waals surface area contributed by atoms with Crippen LogP contribution < -0.4 is 5.73 Å². The number of hydrogen-bond donors (Lipinski definition) is 1. The number of rotatable bonds is 3. The quantitative estimate of drug-likeness (QED) is 0.849. The highest BCUT2D eigenvalue weighted by atomic mass is 14.8. The largest absolute Gasteiger partial charge is 0.325 e. The van der Waals surface area contributed by atoms with Gasteiger partial charge in [-0.15, -0.1) is 0 Å². The van der Waals surface area contributed by atoms with Gasteiger partial charge in [0.1, 0.15) is 0 Å². The van der Waals surface area contributed by atoms with E-state index in [1.165, 1.54) is 29.2 Å². The molecular weight excluding hydrogens is 196 g/mol. The predicted molar refractivity (Wildman–Crippen MR) is 66.2 cm³/mol. The van der Waals surface area contributed by atoms with Crippen LogP contribution >= 0.6 is 0 Å². The summed E-state index contributed by atoms with van der Waals surface area (Å²) in [7, 11) is 0. The van der Waals surface area contributed by atoms with Gasteiger partial charge in [-0.3, -0.25) is 4.98 Å². The van der Waals surface area contributed by atoms with Crippen LogP contribution in [0.1, 0.15) is 24.8 Å². The second-order valence-electron chi connectivity index (χ2n) is 4.88. The maximum Gasteiger partial charge on any atom is 0.0346 e. The van der Waals surface area contributed by atoms with E-state index in [2.05, 4.69) is 29.2 Å². The van der Waals surface area contributed by atoms with Crippen molar-refractivity contribution in [3.05, 3.63) is 42.2 Å². The third-order valence-corrected chi connectivity index (χ3v) is 3.56. The van der Waals surface area contributed by atoms with Crippen molar-refractivity contribution < 1.29 is 0 Å². The molecule has 0 saturated heterocycles. The molecule has 0 bridgehead atoms. The minimum Gasteiger partial charge on any atom is -0.325 e. The second kappa shape index (κ2) is 3.56. The lowest BCUT2D eigenvalue weighted by Gasteiger charge is -2.10. The zero-order valence-corrected chi connectivity index (χ0v) is 9.32. The Balaban J connectivity index is 1.90. The van der Waals surface area contributed by atoms with Crippen LogP contribution in [-0.4, -0.2) is 10.5 Å². The number of nitrogens with two attached hydrogens (primary N) is 1. The molecule has 0 radical (unpaired) electrons. The lowest BCUT2D eigenvalue weighted by atomic mass is 9.99. The van der Waals surface area contributed by atoms with Gasteiger partial charge in [0.2, 0.25) is 0 Å². The molecule has 0 unspecified atom stereocenters. The van der Waals surface area contributed by atoms with E-state index in [9.17, 15) is 0 Å². The van der Waals surface area contributed by atoms with Crippen molar-refractivity contribution in [3.63, 3.8) is 0 Å². The van der Waals surface area contributed by atoms with E-state index in [-0.39, 0.29) is 5.54 Å². The van der Waals surface area contributed by atoms with Crippen molar-refractivity contribution in [2.24, 2.45) is 5.73 Å². The molecule has 0 amide bonds. The molecule has 2 heteroatoms. The van der Waals surface area contributed by atoms with Gasteiger partial charge >= 0.3 is 0 Å². The molecule has 3 rings (SSSR count). The number of pyridine rings is 1. The number of aromatic nitrogens is 1. The Morgan fingerprint density at radius 2 is 2.12 bits per heavy atom. The standard InChI is InChI=1S/C14H16N2/c15-14(7-8-14)6-4-11-2-1-3-12-10-16-9-5-13(11)12/h1-3,5,9-10H,4,6-8,15H2. The van der Waals surface area contributed by atoms with E-state index in [4.69, 9.17) is 5.73 Å². The molecule has 1 heterocycles. The summed E-state index contributed by atoms with van der Waals surface area (Å²) in [6.45, 7) is 0. The molecule has 16 heavy (non-hydrogen) atoms. The Morgan fingerprint density at radius 3 is 2.94 bits per heavy atom. The van der Waals surface area contributed by atoms with Crippen molar-refractivity contribution in [3.8, 4) is 0 Å². The Kier molecular flexibility index (Phi) is 2.18. The van der Waals surface area contributed by atoms with Crippen molar-refractivity contribution in [1.29, 1.82) is 0 Å². The van der Waals surface area contributed by atoms with Gasteiger partial charge in [-0.1, -0.05) is 18.2 Å². The molecule has 1 saturated carbocycles. The smallest absolute Gasteiger partial charge is 0.0346 e. The first kappa shape index (κ1) is 9.79. The molecule has 1 aliphatic rings. The molecule has 2 nitrogen and oxygen atoms in total. The Labute approximate surface area is 95.5 Å². The average molecular weight is 212 g/mol. The highest BCUT2D eigenvalue weighted by molar-refractivity contribution is 5.84. The normalized spacial score (nSPS) is 17.6. The molecule has 1 aromatic heterocycles. The van der Waals surface area contributed by atoms with E-state index in [1.54, 1.807) is 0 Å². The third kappa shape index (κ3) is 1.81. The number of benzene rings is 1. The van der Waals surface area contributed by atoms with Crippen molar-refractivity contribution >= 4 is 10.8 Å². The van der Waals surface area contributed by atoms with Gasteiger partial charge in [0.25, 0.3) is 0 Å². The predicted octanol–water partition coefficient (Wildman–Crippen LogP) is 2.66. The molecule has 2 aromatic rings. The van der Waals surface area contributed by atoms with Crippen LogP contribution in [0.3, 0.4) is 0 Å². The summed E-state index contributed by atoms with van der Waals surface area (Å²) in [5.74, 6) is 0. The summed E-state index contributed by atoms with van der Waals surface area (Å²) in [5.41, 5.74) is 7.67. The fourth-order valence-corrected chi connectivity index (χ4v) is 2.20. The summed E-state index contributed by atoms with van der Waals surface area (Å²) in [6.07, 6.45) is 8.36. The Bertz CT molecular complexity index is 510. The SMILES string of the molecule is NC1(CCc2cccc3cnccc23)CC1. The maximum atomic E-state index is 6.13. The Morgan fingerprint density at radius 1 is 1.25 bits per heavy atom. The minimum atomic E-state index is 0.148. The van der Waals surface area contributed by atoms with Crippen LogP contribution in [0, 0.1) is 0 Å². The monoisotopic (exact) mass is 212 g/mol. The van der Waals surface area contributed by atoms with Crippen molar-refractivity contribution in [2.75, 3.05) is 0 Å². The third-order valence-electron chi connectivity index (χ3n) is 3.56. The van der Waals surface area contributed by atoms with Gasteiger partial charge in [0.05, 0.1) is 0 Å². The molecule has 0 atom stereocenters. The van der Waals surface area contributed by atoms with Gasteiger partial charge in [-0.05, 0) is 42.7 Å². The molecule has 1 aliphatic carbocycles. The fraction of sp³-hybridized carbons (Fsp3) is 0.357. The van der Waals surface area contributed by atoms with Gasteiger partial charge in [0, 0.05) is 23.3 Å². The topological polar surface area (TPSA) is 38.9 Å². The molecule has 1 fully saturated rings. The number of nitrogens with zero attached hydrogens (tertiary/aromatic N) is 1. The van der Waals surface area contributed by atoms with Crippen LogP contribution in [0.4, 0.5) is 0 Å². The van der Waals surface area contributed by atoms with Gasteiger partial charge in [0.15, 0.2) is 0 Å². The van der Waals surface area contributed by atoms with Crippen molar-refractivity contribution in [2.45, 2.75) is 31.2 Å². The van der Waals surface area contributed by atoms with Crippen molar-refractivity contribution in [1.82, 2.24) is 4.98 Å². The minimum absolute atomic E-state index is 0.148. The summed E-state index contributed by atoms with van der Waals surface area (Å²) in [4.78, 5) is 4.15. The first-order chi connectivity index (χ1) is 7.77. The highest BCUT2D eigenvalue weighted by Gasteiger charge is 2.37. The first-order valence-corrected chi connectivity index (χ1v) is 5.87. The van der Waals surface area contributed by atoms with E-state index >= 15 is 0 Å². The van der Waals surface area contributed by atoms with E-state index in [0.717, 1.165) is 12.8 Å². The maximum absolute atomic E-state index is 6.13. The summed E-state index contributed by atoms with van der Waals surface area (Å²) in [6, 6.07) is 8.52. The zero-order chi connectivity index (χ0) is 11.0. The lowest BCUT2D eigenvalue weighted by molar-refractivity contribution is 0.610. The Hall–Kier alpha value is -1.41. The first-order valence-electron chi connectivity index (χ1n) is 5.87. The average Bonchev–Trinajstić information content (AvgIpc) is 3.05. The van der Waals surface area contributed by atoms with Crippen LogP contribution in [-0.2, 0) is 6.42 Å². The summed E-state index contributed by atoms with van der Waals surface area (Å²) < 4.78 is 0. The number of aryl methyl sites for hydroxylation is 1. The van der Waals surface area contributed by atoms with Crippen LogP contribution in [0.5, 0.6) is 0 Å². The summed E-state index contributed by atoms with van der Waals surface area (Å²) in [5, 5.41) is 2.55. The second-order valence-corrected chi connectivity index (χ2v) is 4.88. The van der Waals surface area contributed by atoms with E-state index in [0.29, 0.717) is 0 Å². The van der Waals surface area contributed by atoms with E-state index < -0.39 is 0 Å². The fourth-order valence-electron chi connectivity index (χ4n) is 2.20. The van der Waals surface area contributed by atoms with Gasteiger partial charge < -0.3 is 5.73 Å². The van der Waals surface area contributed by atoms with Gasteiger partial charge in [-0.25, -0.2) is 0 Å². The van der Waals surface area contributed by atoms with E-state index in [1.807, 2.05) is 12.4 Å². The highest BCUT2D eigenvalue weighted by Crippen LogP contribution is 2.37. The molecule has 0 aliphatic heterocycles. The van der Waals surface area contributed by atoms with Crippen LogP contribution in [0.2, 0.25) is 0 Å². The zero-order valence-electron chi connectivity index (χ0n) is 9.32. The number of hydrogen-bond acceptors (Lipinski definition) is 2. The van der Waals surface area contributed by atoms with Crippen LogP contribution in [0.25, 0.3) is 10.8 Å². The lowest BCUT2D eigenvalue weighted by Crippen LogP contribution is -2.22.